The second-order valence-corrected chi connectivity index (χ2v) is 3.74. The molecular formula is C13H11N3O2. The van der Waals surface area contributed by atoms with Crippen LogP contribution in [0.2, 0.25) is 0 Å². The Kier molecular flexibility index (Phi) is 2.66. The van der Waals surface area contributed by atoms with Crippen LogP contribution < -0.4 is 10.5 Å². The van der Waals surface area contributed by atoms with Crippen LogP contribution >= 0.6 is 0 Å². The smallest absolute Gasteiger partial charge is 0.399 e. The topological polar surface area (TPSA) is 74.2 Å². The lowest BCUT2D eigenvalue weighted by molar-refractivity contribution is 0.333. The fourth-order valence-electron chi connectivity index (χ4n) is 1.69. The van der Waals surface area contributed by atoms with Crippen LogP contribution in [0.5, 0.6) is 11.8 Å². The zero-order valence-corrected chi connectivity index (χ0v) is 9.54. The molecule has 5 nitrogen and oxygen atoms in total. The number of nitrogens with two attached hydrogens (primary N) is 1. The van der Waals surface area contributed by atoms with E-state index in [0.717, 1.165) is 10.9 Å². The van der Waals surface area contributed by atoms with Crippen LogP contribution in [0.4, 0.5) is 0 Å². The molecular weight excluding hydrogens is 230 g/mol. The van der Waals surface area contributed by atoms with Gasteiger partial charge in [0.2, 0.25) is 0 Å². The van der Waals surface area contributed by atoms with Gasteiger partial charge in [-0.15, -0.1) is 0 Å². The molecule has 3 rings (SSSR count). The number of pyridine rings is 1. The van der Waals surface area contributed by atoms with E-state index < -0.39 is 0 Å². The van der Waals surface area contributed by atoms with E-state index in [0.29, 0.717) is 18.0 Å². The number of aromatic nitrogens is 2. The van der Waals surface area contributed by atoms with Gasteiger partial charge in [0.1, 0.15) is 12.0 Å². The molecule has 0 unspecified atom stereocenters. The molecule has 0 bridgehead atoms. The fourth-order valence-corrected chi connectivity index (χ4v) is 1.69. The van der Waals surface area contributed by atoms with Gasteiger partial charge in [0.05, 0.1) is 11.2 Å². The summed E-state index contributed by atoms with van der Waals surface area (Å²) in [5.74, 6) is 0.658. The molecule has 0 amide bonds. The predicted octanol–water partition coefficient (Wildman–Crippen LogP) is 2.47. The van der Waals surface area contributed by atoms with Crippen LogP contribution in [0.25, 0.3) is 10.9 Å². The molecule has 0 saturated heterocycles. The lowest BCUT2D eigenvalue weighted by Crippen LogP contribution is -1.96. The van der Waals surface area contributed by atoms with Crippen molar-refractivity contribution in [2.45, 2.75) is 6.54 Å². The minimum atomic E-state index is 0.187. The number of ether oxygens (including phenoxy) is 1. The lowest BCUT2D eigenvalue weighted by atomic mass is 10.2. The highest BCUT2D eigenvalue weighted by atomic mass is 16.6. The standard InChI is InChI=1S/C13H11N3O2/c14-7-9-8-17-13(16-9)18-12-5-1-4-11-10(12)3-2-6-15-11/h1-6,8H,7,14H2. The van der Waals surface area contributed by atoms with Gasteiger partial charge in [0.25, 0.3) is 0 Å². The fraction of sp³-hybridized carbons (Fsp3) is 0.0769. The van der Waals surface area contributed by atoms with Gasteiger partial charge in [-0.1, -0.05) is 6.07 Å². The Balaban J connectivity index is 1.99. The molecule has 2 N–H and O–H groups in total. The normalized spacial score (nSPS) is 10.7. The highest BCUT2D eigenvalue weighted by Crippen LogP contribution is 2.28. The molecule has 5 heteroatoms. The van der Waals surface area contributed by atoms with Crippen LogP contribution in [-0.4, -0.2) is 9.97 Å². The van der Waals surface area contributed by atoms with Crippen molar-refractivity contribution in [3.8, 4) is 11.8 Å². The summed E-state index contributed by atoms with van der Waals surface area (Å²) in [5, 5.41) is 0.910. The Morgan fingerprint density at radius 1 is 1.22 bits per heavy atom. The highest BCUT2D eigenvalue weighted by Gasteiger charge is 2.08. The van der Waals surface area contributed by atoms with Crippen molar-refractivity contribution in [1.29, 1.82) is 0 Å². The molecule has 0 radical (unpaired) electrons. The molecule has 1 aromatic carbocycles. The van der Waals surface area contributed by atoms with Crippen molar-refractivity contribution in [3.05, 3.63) is 48.5 Å². The second-order valence-electron chi connectivity index (χ2n) is 3.74. The van der Waals surface area contributed by atoms with Crippen molar-refractivity contribution in [2.75, 3.05) is 0 Å². The van der Waals surface area contributed by atoms with E-state index in [1.54, 1.807) is 6.20 Å². The van der Waals surface area contributed by atoms with Crippen LogP contribution in [0.3, 0.4) is 0 Å². The predicted molar refractivity (Wildman–Crippen MR) is 66.2 cm³/mol. The maximum Gasteiger partial charge on any atom is 0.399 e. The summed E-state index contributed by atoms with van der Waals surface area (Å²) in [7, 11) is 0. The third-order valence-electron chi connectivity index (χ3n) is 2.54. The van der Waals surface area contributed by atoms with E-state index in [1.807, 2.05) is 30.3 Å². The SMILES string of the molecule is NCc1coc(Oc2cccc3ncccc23)n1. The first-order valence-electron chi connectivity index (χ1n) is 5.53. The van der Waals surface area contributed by atoms with Crippen LogP contribution in [-0.2, 0) is 6.54 Å². The van der Waals surface area contributed by atoms with Crippen LogP contribution in [0.1, 0.15) is 5.69 Å². The highest BCUT2D eigenvalue weighted by molar-refractivity contribution is 5.84. The van der Waals surface area contributed by atoms with Crippen molar-refractivity contribution in [3.63, 3.8) is 0 Å². The minimum Gasteiger partial charge on any atom is -0.417 e. The van der Waals surface area contributed by atoms with Crippen LogP contribution in [0, 0.1) is 0 Å². The Morgan fingerprint density at radius 2 is 2.17 bits per heavy atom. The van der Waals surface area contributed by atoms with Gasteiger partial charge in [0.15, 0.2) is 0 Å². The quantitative estimate of drug-likeness (QED) is 0.762. The Labute approximate surface area is 103 Å². The van der Waals surface area contributed by atoms with Gasteiger partial charge in [0, 0.05) is 18.1 Å². The Morgan fingerprint density at radius 3 is 3.00 bits per heavy atom. The molecule has 0 spiro atoms. The number of hydrogen-bond donors (Lipinski definition) is 1. The zero-order valence-electron chi connectivity index (χ0n) is 9.54. The third kappa shape index (κ3) is 1.91. The van der Waals surface area contributed by atoms with Crippen molar-refractivity contribution in [2.24, 2.45) is 5.73 Å². The van der Waals surface area contributed by atoms with Gasteiger partial charge in [-0.25, -0.2) is 0 Å². The molecule has 0 fully saturated rings. The molecule has 90 valence electrons. The summed E-state index contributed by atoms with van der Waals surface area (Å²) >= 11 is 0. The van der Waals surface area contributed by atoms with Crippen molar-refractivity contribution >= 4 is 10.9 Å². The monoisotopic (exact) mass is 241 g/mol. The molecule has 0 aliphatic rings. The van der Waals surface area contributed by atoms with E-state index in [2.05, 4.69) is 9.97 Å². The number of fused-ring (bicyclic) bond motifs is 1. The summed E-state index contributed by atoms with van der Waals surface area (Å²) in [4.78, 5) is 8.35. The second kappa shape index (κ2) is 4.46. The number of nitrogens with zero attached hydrogens (tertiary/aromatic N) is 2. The van der Waals surface area contributed by atoms with E-state index in [1.165, 1.54) is 6.26 Å². The largest absolute Gasteiger partial charge is 0.417 e. The van der Waals surface area contributed by atoms with E-state index in [9.17, 15) is 0 Å². The molecule has 18 heavy (non-hydrogen) atoms. The summed E-state index contributed by atoms with van der Waals surface area (Å²) in [5.41, 5.74) is 6.98. The first-order chi connectivity index (χ1) is 8.86. The molecule has 0 saturated carbocycles. The summed E-state index contributed by atoms with van der Waals surface area (Å²) in [6, 6.07) is 9.43. The van der Waals surface area contributed by atoms with Gasteiger partial charge >= 0.3 is 6.08 Å². The lowest BCUT2D eigenvalue weighted by Gasteiger charge is -2.04. The molecule has 2 heterocycles. The average Bonchev–Trinajstić information content (AvgIpc) is 2.87. The average molecular weight is 241 g/mol. The van der Waals surface area contributed by atoms with Crippen LogP contribution in [0.15, 0.2) is 47.2 Å². The van der Waals surface area contributed by atoms with Gasteiger partial charge in [-0.3, -0.25) is 4.98 Å². The first-order valence-corrected chi connectivity index (χ1v) is 5.53. The molecule has 0 aliphatic heterocycles. The first kappa shape index (κ1) is 10.7. The van der Waals surface area contributed by atoms with Crippen molar-refractivity contribution < 1.29 is 9.15 Å². The Bertz CT molecular complexity index is 673. The number of hydrogen-bond acceptors (Lipinski definition) is 5. The zero-order chi connectivity index (χ0) is 12.4. The van der Waals surface area contributed by atoms with Gasteiger partial charge in [-0.2, -0.15) is 4.98 Å². The maximum absolute atomic E-state index is 5.60. The molecule has 0 atom stereocenters. The Hall–Kier alpha value is -2.40. The molecule has 0 aliphatic carbocycles. The summed E-state index contributed by atoms with van der Waals surface area (Å²) in [6.07, 6.45) is 3.41. The number of benzene rings is 1. The number of oxazole rings is 1. The molecule has 3 aromatic rings. The number of rotatable bonds is 3. The van der Waals surface area contributed by atoms with Gasteiger partial charge in [-0.05, 0) is 24.3 Å². The summed E-state index contributed by atoms with van der Waals surface area (Å²) < 4.78 is 10.8. The summed E-state index contributed by atoms with van der Waals surface area (Å²) in [6.45, 7) is 0.323. The van der Waals surface area contributed by atoms with E-state index in [-0.39, 0.29) is 6.08 Å². The van der Waals surface area contributed by atoms with Gasteiger partial charge < -0.3 is 14.9 Å². The third-order valence-corrected chi connectivity index (χ3v) is 2.54. The maximum atomic E-state index is 5.60. The minimum absolute atomic E-state index is 0.187. The molecule has 2 aromatic heterocycles. The van der Waals surface area contributed by atoms with E-state index >= 15 is 0 Å². The van der Waals surface area contributed by atoms with E-state index in [4.69, 9.17) is 14.9 Å². The van der Waals surface area contributed by atoms with Crippen molar-refractivity contribution in [1.82, 2.24) is 9.97 Å².